The molecule has 0 aliphatic carbocycles. The summed E-state index contributed by atoms with van der Waals surface area (Å²) in [6.07, 6.45) is 0.530. The summed E-state index contributed by atoms with van der Waals surface area (Å²) in [5, 5.41) is 29.3. The van der Waals surface area contributed by atoms with Crippen LogP contribution in [0.25, 0.3) is 0 Å². The molecular formula is C17H20O8. The minimum absolute atomic E-state index is 0.575. The van der Waals surface area contributed by atoms with Gasteiger partial charge in [-0.15, -0.1) is 6.58 Å². The van der Waals surface area contributed by atoms with Crippen LogP contribution in [-0.2, 0) is 23.9 Å². The van der Waals surface area contributed by atoms with E-state index in [9.17, 15) is 34.5 Å². The van der Waals surface area contributed by atoms with Crippen molar-refractivity contribution >= 4 is 23.3 Å². The number of carbonyl (C=O) groups is 4. The number of hydrogen-bond donors (Lipinski definition) is 3. The quantitative estimate of drug-likeness (QED) is 0.177. The highest BCUT2D eigenvalue weighted by Gasteiger charge is 2.66. The summed E-state index contributed by atoms with van der Waals surface area (Å²) in [4.78, 5) is 49.3. The summed E-state index contributed by atoms with van der Waals surface area (Å²) in [5.41, 5.74) is -5.76. The Bertz CT molecular complexity index is 592. The molecule has 1 unspecified atom stereocenters. The van der Waals surface area contributed by atoms with Gasteiger partial charge in [0.05, 0.1) is 13.2 Å². The summed E-state index contributed by atoms with van der Waals surface area (Å²) in [7, 11) is 0. The molecular weight excluding hydrogens is 332 g/mol. The number of ketones is 3. The van der Waals surface area contributed by atoms with Crippen LogP contribution in [0.2, 0.25) is 0 Å². The molecule has 0 bridgehead atoms. The van der Waals surface area contributed by atoms with Gasteiger partial charge in [0.2, 0.25) is 11.6 Å². The number of ether oxygens (including phenoxy) is 1. The lowest BCUT2D eigenvalue weighted by molar-refractivity contribution is -0.194. The Labute approximate surface area is 144 Å². The van der Waals surface area contributed by atoms with Gasteiger partial charge < -0.3 is 20.1 Å². The van der Waals surface area contributed by atoms with Crippen molar-refractivity contribution in [2.45, 2.75) is 11.7 Å². The van der Waals surface area contributed by atoms with Crippen LogP contribution in [-0.4, -0.2) is 63.6 Å². The van der Waals surface area contributed by atoms with E-state index in [1.165, 1.54) is 0 Å². The average molecular weight is 352 g/mol. The lowest BCUT2D eigenvalue weighted by Gasteiger charge is -2.43. The zero-order valence-corrected chi connectivity index (χ0v) is 13.5. The van der Waals surface area contributed by atoms with Gasteiger partial charge in [-0.1, -0.05) is 25.8 Å². The Morgan fingerprint density at radius 2 is 1.36 bits per heavy atom. The molecule has 3 N–H and O–H groups in total. The van der Waals surface area contributed by atoms with E-state index >= 15 is 0 Å². The summed E-state index contributed by atoms with van der Waals surface area (Å²) < 4.78 is 4.87. The van der Waals surface area contributed by atoms with E-state index < -0.39 is 53.7 Å². The Balaban J connectivity index is 7.04. The van der Waals surface area contributed by atoms with Crippen molar-refractivity contribution < 1.29 is 39.2 Å². The predicted octanol–water partition coefficient (Wildman–Crippen LogP) is -0.948. The highest BCUT2D eigenvalue weighted by molar-refractivity contribution is 6.23. The first-order valence-electron chi connectivity index (χ1n) is 6.94. The van der Waals surface area contributed by atoms with Gasteiger partial charge in [0.25, 0.3) is 5.60 Å². The maximum absolute atomic E-state index is 12.6. The summed E-state index contributed by atoms with van der Waals surface area (Å²) in [5.74, 6) is -5.27. The van der Waals surface area contributed by atoms with Crippen molar-refractivity contribution in [3.8, 4) is 0 Å². The highest BCUT2D eigenvalue weighted by Crippen LogP contribution is 2.39. The van der Waals surface area contributed by atoms with E-state index in [0.717, 1.165) is 6.08 Å². The van der Waals surface area contributed by atoms with E-state index in [-0.39, 0.29) is 0 Å². The molecule has 0 saturated heterocycles. The molecule has 0 saturated carbocycles. The lowest BCUT2D eigenvalue weighted by atomic mass is 9.64. The van der Waals surface area contributed by atoms with E-state index in [1.54, 1.807) is 0 Å². The standard InChI is InChI=1S/C17H20O8/c1-5-11(20)15(24)16(9-18,10-19)17(12(21)6-2,13(22)7-3)25-14(23)8-4/h5-8,11,18-20H,1-4,9-10H2. The molecule has 0 spiro atoms. The zero-order chi connectivity index (χ0) is 19.8. The number of aliphatic hydroxyl groups excluding tert-OH is 3. The number of Topliss-reactive ketones (excluding diaryl/α,β-unsaturated/α-hetero) is 1. The summed E-state index contributed by atoms with van der Waals surface area (Å²) in [6.45, 7) is 10.0. The second-order valence-electron chi connectivity index (χ2n) is 4.89. The number of aliphatic hydroxyl groups is 3. The molecule has 25 heavy (non-hydrogen) atoms. The van der Waals surface area contributed by atoms with Crippen LogP contribution in [0, 0.1) is 5.41 Å². The van der Waals surface area contributed by atoms with Crippen LogP contribution < -0.4 is 0 Å². The first-order chi connectivity index (χ1) is 11.7. The molecule has 1 atom stereocenters. The molecule has 0 radical (unpaired) electrons. The van der Waals surface area contributed by atoms with Crippen molar-refractivity contribution in [2.75, 3.05) is 13.2 Å². The molecule has 0 aliphatic heterocycles. The zero-order valence-electron chi connectivity index (χ0n) is 13.5. The van der Waals surface area contributed by atoms with Gasteiger partial charge in [0, 0.05) is 6.08 Å². The first-order valence-corrected chi connectivity index (χ1v) is 6.94. The van der Waals surface area contributed by atoms with Crippen LogP contribution in [0.4, 0.5) is 0 Å². The second kappa shape index (κ2) is 8.97. The van der Waals surface area contributed by atoms with E-state index in [4.69, 9.17) is 4.74 Å². The van der Waals surface area contributed by atoms with Crippen molar-refractivity contribution in [1.29, 1.82) is 0 Å². The topological polar surface area (TPSA) is 138 Å². The smallest absolute Gasteiger partial charge is 0.331 e. The van der Waals surface area contributed by atoms with Gasteiger partial charge in [0.15, 0.2) is 5.78 Å². The van der Waals surface area contributed by atoms with Gasteiger partial charge in [-0.3, -0.25) is 14.4 Å². The molecule has 8 nitrogen and oxygen atoms in total. The van der Waals surface area contributed by atoms with E-state index in [2.05, 4.69) is 26.3 Å². The third-order valence-electron chi connectivity index (χ3n) is 3.66. The Morgan fingerprint density at radius 3 is 1.64 bits per heavy atom. The van der Waals surface area contributed by atoms with Gasteiger partial charge >= 0.3 is 5.97 Å². The van der Waals surface area contributed by atoms with Gasteiger partial charge in [-0.2, -0.15) is 0 Å². The fourth-order valence-corrected chi connectivity index (χ4v) is 2.26. The SMILES string of the molecule is C=CC(=O)OC(C(=O)C=C)(C(=O)C=C)C(CO)(CO)C(=O)C(O)C=C. The van der Waals surface area contributed by atoms with E-state index in [1.807, 2.05) is 0 Å². The predicted molar refractivity (Wildman–Crippen MR) is 87.2 cm³/mol. The Hall–Kier alpha value is -2.68. The van der Waals surface area contributed by atoms with Crippen LogP contribution in [0.5, 0.6) is 0 Å². The Kier molecular flexibility index (Phi) is 8.01. The second-order valence-corrected chi connectivity index (χ2v) is 4.89. The molecule has 0 aromatic heterocycles. The van der Waals surface area contributed by atoms with Crippen molar-refractivity contribution in [2.24, 2.45) is 5.41 Å². The average Bonchev–Trinajstić information content (AvgIpc) is 2.65. The monoisotopic (exact) mass is 352 g/mol. The number of rotatable bonds is 12. The Morgan fingerprint density at radius 1 is 0.920 bits per heavy atom. The van der Waals surface area contributed by atoms with Crippen molar-refractivity contribution in [3.05, 3.63) is 50.6 Å². The van der Waals surface area contributed by atoms with Crippen LogP contribution in [0.1, 0.15) is 0 Å². The summed E-state index contributed by atoms with van der Waals surface area (Å²) >= 11 is 0. The van der Waals surface area contributed by atoms with Crippen molar-refractivity contribution in [3.63, 3.8) is 0 Å². The first kappa shape index (κ1) is 22.3. The van der Waals surface area contributed by atoms with Crippen molar-refractivity contribution in [1.82, 2.24) is 0 Å². The number of hydrogen-bond acceptors (Lipinski definition) is 8. The third-order valence-corrected chi connectivity index (χ3v) is 3.66. The molecule has 0 amide bonds. The fourth-order valence-electron chi connectivity index (χ4n) is 2.26. The molecule has 0 fully saturated rings. The lowest BCUT2D eigenvalue weighted by Crippen LogP contribution is -2.68. The molecule has 0 heterocycles. The van der Waals surface area contributed by atoms with Crippen LogP contribution >= 0.6 is 0 Å². The third kappa shape index (κ3) is 3.55. The highest BCUT2D eigenvalue weighted by atomic mass is 16.6. The summed E-state index contributed by atoms with van der Waals surface area (Å²) in [6, 6.07) is 0. The van der Waals surface area contributed by atoms with Crippen LogP contribution in [0.15, 0.2) is 50.6 Å². The van der Waals surface area contributed by atoms with Gasteiger partial charge in [-0.25, -0.2) is 4.79 Å². The molecule has 0 aromatic rings. The minimum Gasteiger partial charge on any atom is -0.438 e. The molecule has 0 aromatic carbocycles. The molecule has 136 valence electrons. The minimum atomic E-state index is -3.04. The molecule has 0 aliphatic rings. The van der Waals surface area contributed by atoms with Gasteiger partial charge in [-0.05, 0) is 12.2 Å². The van der Waals surface area contributed by atoms with E-state index in [0.29, 0.717) is 18.2 Å². The largest absolute Gasteiger partial charge is 0.438 e. The van der Waals surface area contributed by atoms with Crippen LogP contribution in [0.3, 0.4) is 0 Å². The maximum atomic E-state index is 12.6. The molecule has 0 rings (SSSR count). The number of esters is 1. The number of carbonyl (C=O) groups excluding carboxylic acids is 4. The van der Waals surface area contributed by atoms with Gasteiger partial charge in [0.1, 0.15) is 11.5 Å². The molecule has 8 heteroatoms. The fraction of sp³-hybridized carbons (Fsp3) is 0.294. The normalized spacial score (nSPS) is 12.4. The maximum Gasteiger partial charge on any atom is 0.331 e.